The Bertz CT molecular complexity index is 1410. The SMILES string of the molecule is Cc1ccc2nc(-c3ccc(NC(=O)CNc4cccc(C)c4S(C)(=O)=O)cc3)sc2c1. The van der Waals surface area contributed by atoms with Gasteiger partial charge in [0.1, 0.15) is 5.01 Å². The van der Waals surface area contributed by atoms with Gasteiger partial charge in [-0.15, -0.1) is 11.3 Å². The first-order valence-corrected chi connectivity index (χ1v) is 12.7. The third-order valence-corrected chi connectivity index (χ3v) is 7.33. The van der Waals surface area contributed by atoms with Gasteiger partial charge in [-0.05, 0) is 67.4 Å². The minimum atomic E-state index is -3.41. The smallest absolute Gasteiger partial charge is 0.243 e. The fourth-order valence-electron chi connectivity index (χ4n) is 3.52. The lowest BCUT2D eigenvalue weighted by Gasteiger charge is -2.13. The molecule has 0 aliphatic rings. The van der Waals surface area contributed by atoms with Crippen molar-refractivity contribution in [1.29, 1.82) is 0 Å². The maximum atomic E-state index is 12.4. The van der Waals surface area contributed by atoms with E-state index in [9.17, 15) is 13.2 Å². The number of hydrogen-bond acceptors (Lipinski definition) is 6. The number of rotatable bonds is 6. The first-order chi connectivity index (χ1) is 15.2. The second-order valence-electron chi connectivity index (χ2n) is 7.69. The Morgan fingerprint density at radius 3 is 2.50 bits per heavy atom. The van der Waals surface area contributed by atoms with Gasteiger partial charge in [0.05, 0.1) is 27.3 Å². The highest BCUT2D eigenvalue weighted by Gasteiger charge is 2.16. The van der Waals surface area contributed by atoms with Crippen LogP contribution in [0.1, 0.15) is 11.1 Å². The van der Waals surface area contributed by atoms with Crippen LogP contribution >= 0.6 is 11.3 Å². The molecule has 0 saturated carbocycles. The molecule has 164 valence electrons. The number of thiazole rings is 1. The standard InChI is InChI=1S/C24H23N3O3S2/c1-15-7-12-19-21(13-15)31-24(27-19)17-8-10-18(11-9-17)26-22(28)14-25-20-6-4-5-16(2)23(20)32(3,29)30/h4-13,25H,14H2,1-3H3,(H,26,28). The number of aryl methyl sites for hydroxylation is 2. The van der Waals surface area contributed by atoms with Gasteiger partial charge in [0.2, 0.25) is 5.91 Å². The molecule has 0 atom stereocenters. The fourth-order valence-corrected chi connectivity index (χ4v) is 5.78. The van der Waals surface area contributed by atoms with E-state index in [-0.39, 0.29) is 17.3 Å². The molecule has 6 nitrogen and oxygen atoms in total. The van der Waals surface area contributed by atoms with Crippen LogP contribution in [-0.2, 0) is 14.6 Å². The second kappa shape index (κ2) is 8.72. The molecule has 4 aromatic rings. The molecule has 0 fully saturated rings. The third kappa shape index (κ3) is 4.81. The van der Waals surface area contributed by atoms with Crippen LogP contribution in [0, 0.1) is 13.8 Å². The van der Waals surface area contributed by atoms with Gasteiger partial charge in [0, 0.05) is 17.5 Å². The lowest BCUT2D eigenvalue weighted by atomic mass is 10.2. The highest BCUT2D eigenvalue weighted by Crippen LogP contribution is 2.31. The van der Waals surface area contributed by atoms with E-state index in [2.05, 4.69) is 28.6 Å². The normalized spacial score (nSPS) is 11.5. The van der Waals surface area contributed by atoms with Crippen molar-refractivity contribution in [3.63, 3.8) is 0 Å². The number of benzene rings is 3. The molecule has 0 radical (unpaired) electrons. The molecule has 1 heterocycles. The number of anilines is 2. The van der Waals surface area contributed by atoms with E-state index in [1.54, 1.807) is 36.5 Å². The van der Waals surface area contributed by atoms with Crippen molar-refractivity contribution in [2.75, 3.05) is 23.4 Å². The molecule has 0 saturated heterocycles. The Morgan fingerprint density at radius 1 is 1.03 bits per heavy atom. The summed E-state index contributed by atoms with van der Waals surface area (Å²) in [6.07, 6.45) is 1.16. The first kappa shape index (κ1) is 22.0. The van der Waals surface area contributed by atoms with Crippen molar-refractivity contribution in [3.8, 4) is 10.6 Å². The van der Waals surface area contributed by atoms with E-state index in [4.69, 9.17) is 0 Å². The molecule has 3 aromatic carbocycles. The second-order valence-corrected chi connectivity index (χ2v) is 10.7. The minimum absolute atomic E-state index is 0.0506. The Labute approximate surface area is 191 Å². The largest absolute Gasteiger partial charge is 0.375 e. The van der Waals surface area contributed by atoms with Gasteiger partial charge in [-0.1, -0.05) is 18.2 Å². The van der Waals surface area contributed by atoms with Crippen molar-refractivity contribution in [2.24, 2.45) is 0 Å². The van der Waals surface area contributed by atoms with Gasteiger partial charge in [0.25, 0.3) is 0 Å². The van der Waals surface area contributed by atoms with Crippen LogP contribution < -0.4 is 10.6 Å². The van der Waals surface area contributed by atoms with Crippen LogP contribution in [0.2, 0.25) is 0 Å². The number of hydrogen-bond donors (Lipinski definition) is 2. The Balaban J connectivity index is 1.43. The minimum Gasteiger partial charge on any atom is -0.375 e. The molecule has 32 heavy (non-hydrogen) atoms. The predicted molar refractivity (Wildman–Crippen MR) is 131 cm³/mol. The van der Waals surface area contributed by atoms with E-state index in [0.29, 0.717) is 16.9 Å². The highest BCUT2D eigenvalue weighted by atomic mass is 32.2. The van der Waals surface area contributed by atoms with Crippen LogP contribution in [0.15, 0.2) is 65.6 Å². The van der Waals surface area contributed by atoms with Crippen LogP contribution in [0.25, 0.3) is 20.8 Å². The number of aromatic nitrogens is 1. The van der Waals surface area contributed by atoms with Gasteiger partial charge in [-0.2, -0.15) is 0 Å². The zero-order valence-electron chi connectivity index (χ0n) is 18.0. The van der Waals surface area contributed by atoms with Gasteiger partial charge >= 0.3 is 0 Å². The van der Waals surface area contributed by atoms with Crippen molar-refractivity contribution >= 4 is 48.7 Å². The zero-order valence-corrected chi connectivity index (χ0v) is 19.6. The maximum Gasteiger partial charge on any atom is 0.243 e. The molecule has 0 aliphatic heterocycles. The topological polar surface area (TPSA) is 88.2 Å². The summed E-state index contributed by atoms with van der Waals surface area (Å²) in [5.41, 5.74) is 4.88. The molecule has 0 aliphatic carbocycles. The summed E-state index contributed by atoms with van der Waals surface area (Å²) in [4.78, 5) is 17.3. The molecule has 0 bridgehead atoms. The quantitative estimate of drug-likeness (QED) is 0.417. The number of nitrogens with one attached hydrogen (secondary N) is 2. The lowest BCUT2D eigenvalue weighted by Crippen LogP contribution is -2.22. The van der Waals surface area contributed by atoms with Crippen LogP contribution in [0.4, 0.5) is 11.4 Å². The number of carbonyl (C=O) groups is 1. The van der Waals surface area contributed by atoms with E-state index in [0.717, 1.165) is 27.0 Å². The third-order valence-electron chi connectivity index (χ3n) is 4.98. The fraction of sp³-hybridized carbons (Fsp3) is 0.167. The van der Waals surface area contributed by atoms with Crippen LogP contribution in [-0.4, -0.2) is 32.1 Å². The lowest BCUT2D eigenvalue weighted by molar-refractivity contribution is -0.114. The zero-order chi connectivity index (χ0) is 22.9. The average molecular weight is 466 g/mol. The summed E-state index contributed by atoms with van der Waals surface area (Å²) in [7, 11) is -3.41. The molecule has 0 unspecified atom stereocenters. The predicted octanol–water partition coefficient (Wildman–Crippen LogP) is 5.03. The summed E-state index contributed by atoms with van der Waals surface area (Å²) in [6.45, 7) is 3.74. The van der Waals surface area contributed by atoms with Gasteiger partial charge in [0.15, 0.2) is 9.84 Å². The summed E-state index contributed by atoms with van der Waals surface area (Å²) in [6, 6.07) is 18.9. The van der Waals surface area contributed by atoms with E-state index >= 15 is 0 Å². The molecular formula is C24H23N3O3S2. The summed E-state index contributed by atoms with van der Waals surface area (Å²) >= 11 is 1.64. The van der Waals surface area contributed by atoms with E-state index in [1.807, 2.05) is 36.4 Å². The molecule has 1 aromatic heterocycles. The van der Waals surface area contributed by atoms with Crippen LogP contribution in [0.5, 0.6) is 0 Å². The average Bonchev–Trinajstić information content (AvgIpc) is 3.15. The monoisotopic (exact) mass is 465 g/mol. The molecule has 2 N–H and O–H groups in total. The summed E-state index contributed by atoms with van der Waals surface area (Å²) in [5, 5.41) is 6.70. The first-order valence-electron chi connectivity index (χ1n) is 10.0. The van der Waals surface area contributed by atoms with Crippen molar-refractivity contribution in [3.05, 3.63) is 71.8 Å². The van der Waals surface area contributed by atoms with Gasteiger partial charge in [-0.25, -0.2) is 13.4 Å². The van der Waals surface area contributed by atoms with Crippen molar-refractivity contribution in [2.45, 2.75) is 18.7 Å². The van der Waals surface area contributed by atoms with Gasteiger partial charge in [-0.3, -0.25) is 4.79 Å². The number of sulfone groups is 1. The molecule has 0 spiro atoms. The number of nitrogens with zero attached hydrogens (tertiary/aromatic N) is 1. The highest BCUT2D eigenvalue weighted by molar-refractivity contribution is 7.91. The Morgan fingerprint density at radius 2 is 1.78 bits per heavy atom. The Kier molecular flexibility index (Phi) is 5.99. The molecule has 4 rings (SSSR count). The number of fused-ring (bicyclic) bond motifs is 1. The van der Waals surface area contributed by atoms with E-state index < -0.39 is 9.84 Å². The van der Waals surface area contributed by atoms with Gasteiger partial charge < -0.3 is 10.6 Å². The van der Waals surface area contributed by atoms with E-state index in [1.165, 1.54) is 5.56 Å². The number of amides is 1. The molecule has 1 amide bonds. The molecular weight excluding hydrogens is 442 g/mol. The summed E-state index contributed by atoms with van der Waals surface area (Å²) in [5.74, 6) is -0.269. The van der Waals surface area contributed by atoms with Crippen molar-refractivity contribution < 1.29 is 13.2 Å². The molecule has 8 heteroatoms. The van der Waals surface area contributed by atoms with Crippen molar-refractivity contribution in [1.82, 2.24) is 4.98 Å². The summed E-state index contributed by atoms with van der Waals surface area (Å²) < 4.78 is 25.3. The maximum absolute atomic E-state index is 12.4. The number of carbonyl (C=O) groups excluding carboxylic acids is 1. The Hall–Kier alpha value is -3.23. The van der Waals surface area contributed by atoms with Crippen LogP contribution in [0.3, 0.4) is 0 Å².